The lowest BCUT2D eigenvalue weighted by molar-refractivity contribution is 0.0661. The number of fused-ring (bicyclic) bond motifs is 1. The number of rotatable bonds is 4. The number of amides is 1. The van der Waals surface area contributed by atoms with Crippen molar-refractivity contribution in [3.63, 3.8) is 0 Å². The van der Waals surface area contributed by atoms with Gasteiger partial charge in [0.1, 0.15) is 0 Å². The van der Waals surface area contributed by atoms with Crippen LogP contribution >= 0.6 is 0 Å². The molecule has 0 saturated carbocycles. The fraction of sp³-hybridized carbons (Fsp3) is 0.409. The van der Waals surface area contributed by atoms with Crippen LogP contribution in [0, 0.1) is 0 Å². The molecule has 1 amide bonds. The van der Waals surface area contributed by atoms with Crippen molar-refractivity contribution in [3.05, 3.63) is 48.2 Å². The van der Waals surface area contributed by atoms with Crippen molar-refractivity contribution in [2.45, 2.75) is 32.4 Å². The van der Waals surface area contributed by atoms with Crippen LogP contribution in [0.4, 0.5) is 0 Å². The highest BCUT2D eigenvalue weighted by molar-refractivity contribution is 6.06. The van der Waals surface area contributed by atoms with Crippen molar-refractivity contribution >= 4 is 16.9 Å². The van der Waals surface area contributed by atoms with Crippen LogP contribution in [0.15, 0.2) is 42.6 Å². The number of hydrogen-bond acceptors (Lipinski definition) is 4. The lowest BCUT2D eigenvalue weighted by atomic mass is 10.0. The molecular weight excluding hydrogens is 350 g/mol. The van der Waals surface area contributed by atoms with Gasteiger partial charge in [-0.3, -0.25) is 4.79 Å². The van der Waals surface area contributed by atoms with Crippen LogP contribution in [0.3, 0.4) is 0 Å². The topological polar surface area (TPSA) is 54.3 Å². The predicted molar refractivity (Wildman–Crippen MR) is 111 cm³/mol. The third kappa shape index (κ3) is 3.40. The number of likely N-dealkylation sites (tertiary alicyclic amines) is 1. The van der Waals surface area contributed by atoms with E-state index in [0.29, 0.717) is 12.1 Å². The van der Waals surface area contributed by atoms with Gasteiger partial charge in [0.05, 0.1) is 22.8 Å². The molecular formula is C22H27N5O. The van der Waals surface area contributed by atoms with Crippen molar-refractivity contribution < 1.29 is 4.79 Å². The molecule has 0 atom stereocenters. The van der Waals surface area contributed by atoms with E-state index >= 15 is 0 Å². The highest BCUT2D eigenvalue weighted by Gasteiger charge is 2.27. The minimum atomic E-state index is 0.0507. The minimum Gasteiger partial charge on any atom is -0.339 e. The number of aryl methyl sites for hydroxylation is 1. The molecule has 0 radical (unpaired) electrons. The number of carbonyl (C=O) groups is 1. The van der Waals surface area contributed by atoms with Gasteiger partial charge in [-0.25, -0.2) is 9.67 Å². The van der Waals surface area contributed by atoms with E-state index in [4.69, 9.17) is 4.98 Å². The summed E-state index contributed by atoms with van der Waals surface area (Å²) in [5.74, 6) is 0.0507. The molecule has 146 valence electrons. The standard InChI is InChI=1S/C22H27N5O/c1-4-27-21-19(15-23-27)18(14-20(24-21)16-8-6-5-7-9-16)22(28)26(3)17-10-12-25(2)13-11-17/h5-9,14-15,17H,4,10-13H2,1-3H3. The molecule has 6 nitrogen and oxygen atoms in total. The summed E-state index contributed by atoms with van der Waals surface area (Å²) in [5.41, 5.74) is 3.27. The molecule has 1 aliphatic rings. The summed E-state index contributed by atoms with van der Waals surface area (Å²) in [7, 11) is 4.06. The number of nitrogens with zero attached hydrogens (tertiary/aromatic N) is 5. The van der Waals surface area contributed by atoms with Crippen LogP contribution in [0.1, 0.15) is 30.1 Å². The molecule has 4 rings (SSSR count). The molecule has 6 heteroatoms. The fourth-order valence-electron chi connectivity index (χ4n) is 3.95. The van der Waals surface area contributed by atoms with Gasteiger partial charge in [0.15, 0.2) is 5.65 Å². The van der Waals surface area contributed by atoms with E-state index in [-0.39, 0.29) is 11.9 Å². The zero-order valence-corrected chi connectivity index (χ0v) is 16.8. The zero-order chi connectivity index (χ0) is 19.7. The summed E-state index contributed by atoms with van der Waals surface area (Å²) < 4.78 is 1.86. The van der Waals surface area contributed by atoms with Crippen molar-refractivity contribution in [3.8, 4) is 11.3 Å². The van der Waals surface area contributed by atoms with Crippen LogP contribution in [0.25, 0.3) is 22.3 Å². The van der Waals surface area contributed by atoms with Gasteiger partial charge < -0.3 is 9.80 Å². The van der Waals surface area contributed by atoms with E-state index in [2.05, 4.69) is 17.0 Å². The Labute approximate surface area is 165 Å². The molecule has 0 spiro atoms. The molecule has 2 aromatic heterocycles. The molecule has 1 saturated heterocycles. The predicted octanol–water partition coefficient (Wildman–Crippen LogP) is 3.28. The van der Waals surface area contributed by atoms with Crippen LogP contribution in [0.2, 0.25) is 0 Å². The lowest BCUT2D eigenvalue weighted by Crippen LogP contribution is -2.44. The average molecular weight is 377 g/mol. The summed E-state index contributed by atoms with van der Waals surface area (Å²) >= 11 is 0. The van der Waals surface area contributed by atoms with E-state index in [1.165, 1.54) is 0 Å². The van der Waals surface area contributed by atoms with E-state index < -0.39 is 0 Å². The van der Waals surface area contributed by atoms with Gasteiger partial charge in [-0.15, -0.1) is 0 Å². The molecule has 0 N–H and O–H groups in total. The van der Waals surface area contributed by atoms with Gasteiger partial charge in [0.2, 0.25) is 0 Å². The number of benzene rings is 1. The first-order valence-corrected chi connectivity index (χ1v) is 9.96. The Kier molecular flexibility index (Phi) is 5.13. The number of carbonyl (C=O) groups excluding carboxylic acids is 1. The SMILES string of the molecule is CCn1ncc2c(C(=O)N(C)C3CCN(C)CC3)cc(-c3ccccc3)nc21. The quantitative estimate of drug-likeness (QED) is 0.700. The fourth-order valence-corrected chi connectivity index (χ4v) is 3.95. The second-order valence-corrected chi connectivity index (χ2v) is 7.57. The van der Waals surface area contributed by atoms with Crippen LogP contribution in [0.5, 0.6) is 0 Å². The van der Waals surface area contributed by atoms with Crippen molar-refractivity contribution in [2.24, 2.45) is 0 Å². The maximum Gasteiger partial charge on any atom is 0.254 e. The summed E-state index contributed by atoms with van der Waals surface area (Å²) in [6, 6.07) is 12.2. The highest BCUT2D eigenvalue weighted by atomic mass is 16.2. The molecule has 1 fully saturated rings. The Bertz CT molecular complexity index is 973. The molecule has 0 aliphatic carbocycles. The zero-order valence-electron chi connectivity index (χ0n) is 16.8. The van der Waals surface area contributed by atoms with Crippen molar-refractivity contribution in [1.82, 2.24) is 24.6 Å². The summed E-state index contributed by atoms with van der Waals surface area (Å²) in [4.78, 5) is 22.5. The molecule has 3 aromatic rings. The third-order valence-corrected chi connectivity index (χ3v) is 5.76. The number of pyridine rings is 1. The Balaban J connectivity index is 1.76. The minimum absolute atomic E-state index is 0.0507. The average Bonchev–Trinajstić information content (AvgIpc) is 3.16. The van der Waals surface area contributed by atoms with Gasteiger partial charge in [0.25, 0.3) is 5.91 Å². The summed E-state index contributed by atoms with van der Waals surface area (Å²) in [6.45, 7) is 4.80. The number of hydrogen-bond donors (Lipinski definition) is 0. The molecule has 0 bridgehead atoms. The summed E-state index contributed by atoms with van der Waals surface area (Å²) in [6.07, 6.45) is 3.79. The van der Waals surface area contributed by atoms with Gasteiger partial charge >= 0.3 is 0 Å². The monoisotopic (exact) mass is 377 g/mol. The Morgan fingerprint density at radius 3 is 2.61 bits per heavy atom. The van der Waals surface area contributed by atoms with E-state index in [0.717, 1.165) is 48.2 Å². The Hall–Kier alpha value is -2.73. The molecule has 3 heterocycles. The van der Waals surface area contributed by atoms with Crippen LogP contribution < -0.4 is 0 Å². The van der Waals surface area contributed by atoms with Gasteiger partial charge in [-0.2, -0.15) is 5.10 Å². The first-order valence-electron chi connectivity index (χ1n) is 9.96. The van der Waals surface area contributed by atoms with E-state index in [9.17, 15) is 4.79 Å². The second-order valence-electron chi connectivity index (χ2n) is 7.57. The lowest BCUT2D eigenvalue weighted by Gasteiger charge is -2.35. The maximum absolute atomic E-state index is 13.5. The number of piperidine rings is 1. The smallest absolute Gasteiger partial charge is 0.254 e. The third-order valence-electron chi connectivity index (χ3n) is 5.76. The maximum atomic E-state index is 13.5. The second kappa shape index (κ2) is 7.72. The number of aromatic nitrogens is 3. The Morgan fingerprint density at radius 2 is 1.93 bits per heavy atom. The van der Waals surface area contributed by atoms with E-state index in [1.807, 2.05) is 60.0 Å². The largest absolute Gasteiger partial charge is 0.339 e. The van der Waals surface area contributed by atoms with Crippen LogP contribution in [-0.2, 0) is 6.54 Å². The molecule has 1 aliphatic heterocycles. The normalized spacial score (nSPS) is 15.8. The van der Waals surface area contributed by atoms with E-state index in [1.54, 1.807) is 6.20 Å². The first-order chi connectivity index (χ1) is 13.6. The molecule has 0 unspecified atom stereocenters. The van der Waals surface area contributed by atoms with Gasteiger partial charge in [0, 0.05) is 25.2 Å². The van der Waals surface area contributed by atoms with Gasteiger partial charge in [-0.05, 0) is 46.0 Å². The van der Waals surface area contributed by atoms with Crippen molar-refractivity contribution in [2.75, 3.05) is 27.2 Å². The Morgan fingerprint density at radius 1 is 1.21 bits per heavy atom. The van der Waals surface area contributed by atoms with Crippen molar-refractivity contribution in [1.29, 1.82) is 0 Å². The molecule has 1 aromatic carbocycles. The first kappa shape index (κ1) is 18.6. The highest BCUT2D eigenvalue weighted by Crippen LogP contribution is 2.27. The molecule has 28 heavy (non-hydrogen) atoms. The van der Waals surface area contributed by atoms with Crippen LogP contribution in [-0.4, -0.2) is 63.7 Å². The van der Waals surface area contributed by atoms with Gasteiger partial charge in [-0.1, -0.05) is 30.3 Å². The summed E-state index contributed by atoms with van der Waals surface area (Å²) in [5, 5.41) is 5.28.